The fourth-order valence-electron chi connectivity index (χ4n) is 5.91. The Kier molecular flexibility index (Phi) is 7.55. The molecule has 0 aliphatic rings. The summed E-state index contributed by atoms with van der Waals surface area (Å²) in [6, 6.07) is 26.5. The summed E-state index contributed by atoms with van der Waals surface area (Å²) in [5.74, 6) is -0.613. The number of hydrogen-bond acceptors (Lipinski definition) is 1. The van der Waals surface area contributed by atoms with Crippen molar-refractivity contribution in [3.63, 3.8) is 0 Å². The zero-order valence-corrected chi connectivity index (χ0v) is 27.5. The molecule has 7 rings (SSSR count). The summed E-state index contributed by atoms with van der Waals surface area (Å²) in [5, 5.41) is 4.72. The minimum absolute atomic E-state index is 0.356. The molecule has 5 aromatic carbocycles. The van der Waals surface area contributed by atoms with Crippen LogP contribution < -0.4 is 0 Å². The van der Waals surface area contributed by atoms with Gasteiger partial charge in [-0.05, 0) is 78.7 Å². The standard InChI is InChI=1S/C34H18Cl7NO/c1-16-10-21(36)30(22(37)11-16)29(31-23(38)14-18(35)15-24(31)39)17-12-25(40)33(26(41)13-17)42-27-8-4-2-6-19(27)34-32(42)20-7-3-5-9-28(20)43-34/h2-15,29H,1H3. The molecular weight excluding hydrogens is 687 g/mol. The maximum Gasteiger partial charge on any atom is 0.161 e. The number of hydrogen-bond donors (Lipinski definition) is 0. The van der Waals surface area contributed by atoms with Crippen LogP contribution in [0.4, 0.5) is 0 Å². The Morgan fingerprint density at radius 3 is 1.77 bits per heavy atom. The topological polar surface area (TPSA) is 18.1 Å². The van der Waals surface area contributed by atoms with Gasteiger partial charge in [0, 0.05) is 52.9 Å². The molecule has 0 spiro atoms. The number of aryl methyl sites for hydroxylation is 1. The molecule has 7 aromatic rings. The zero-order chi connectivity index (χ0) is 30.2. The number of aromatic nitrogens is 1. The molecule has 0 N–H and O–H groups in total. The smallest absolute Gasteiger partial charge is 0.161 e. The van der Waals surface area contributed by atoms with Crippen LogP contribution >= 0.6 is 81.2 Å². The predicted molar refractivity (Wildman–Crippen MR) is 184 cm³/mol. The Bertz CT molecular complexity index is 2120. The summed E-state index contributed by atoms with van der Waals surface area (Å²) in [6.45, 7) is 1.92. The van der Waals surface area contributed by atoms with Crippen molar-refractivity contribution in [2.75, 3.05) is 0 Å². The van der Waals surface area contributed by atoms with Gasteiger partial charge < -0.3 is 8.98 Å². The van der Waals surface area contributed by atoms with Crippen LogP contribution in [0.2, 0.25) is 35.2 Å². The highest BCUT2D eigenvalue weighted by molar-refractivity contribution is 6.41. The number of fused-ring (bicyclic) bond motifs is 5. The summed E-state index contributed by atoms with van der Waals surface area (Å²) in [4.78, 5) is 0. The van der Waals surface area contributed by atoms with E-state index in [4.69, 9.17) is 85.6 Å². The molecule has 0 radical (unpaired) electrons. The second-order valence-corrected chi connectivity index (χ2v) is 13.2. The summed E-state index contributed by atoms with van der Waals surface area (Å²) in [7, 11) is 0. The van der Waals surface area contributed by atoms with Crippen molar-refractivity contribution in [1.29, 1.82) is 0 Å². The van der Waals surface area contributed by atoms with E-state index in [1.165, 1.54) is 0 Å². The van der Waals surface area contributed by atoms with E-state index < -0.39 is 5.92 Å². The molecule has 214 valence electrons. The monoisotopic (exact) mass is 701 g/mol. The lowest BCUT2D eigenvalue weighted by molar-refractivity contribution is 0.673. The van der Waals surface area contributed by atoms with Crippen LogP contribution in [0.15, 0.2) is 89.3 Å². The van der Waals surface area contributed by atoms with Crippen LogP contribution in [0.3, 0.4) is 0 Å². The first-order valence-electron chi connectivity index (χ1n) is 13.1. The fraction of sp³-hybridized carbons (Fsp3) is 0.0588. The Balaban J connectivity index is 1.53. The maximum atomic E-state index is 7.18. The number of furan rings is 1. The van der Waals surface area contributed by atoms with Gasteiger partial charge in [-0.15, -0.1) is 0 Å². The van der Waals surface area contributed by atoms with Crippen molar-refractivity contribution in [2.24, 2.45) is 0 Å². The van der Waals surface area contributed by atoms with Crippen LogP contribution in [0.1, 0.15) is 28.2 Å². The van der Waals surface area contributed by atoms with Crippen LogP contribution in [-0.4, -0.2) is 4.57 Å². The van der Waals surface area contributed by atoms with E-state index in [2.05, 4.69) is 0 Å². The molecular formula is C34H18Cl7NO. The zero-order valence-electron chi connectivity index (χ0n) is 22.2. The molecule has 0 fully saturated rings. The SMILES string of the molecule is Cc1cc(Cl)c(C(c2cc(Cl)c(-n3c4ccccc4c4oc5ccccc5c43)c(Cl)c2)c2c(Cl)cc(Cl)cc2Cl)c(Cl)c1. The molecule has 2 nitrogen and oxygen atoms in total. The molecule has 2 heterocycles. The van der Waals surface area contributed by atoms with Gasteiger partial charge in [-0.25, -0.2) is 0 Å². The molecule has 0 saturated heterocycles. The van der Waals surface area contributed by atoms with Gasteiger partial charge in [0.1, 0.15) is 11.1 Å². The van der Waals surface area contributed by atoms with E-state index in [1.807, 2.05) is 84.3 Å². The van der Waals surface area contributed by atoms with Crippen LogP contribution in [0.25, 0.3) is 38.7 Å². The lowest BCUT2D eigenvalue weighted by Crippen LogP contribution is -2.08. The normalized spacial score (nSPS) is 12.6. The molecule has 43 heavy (non-hydrogen) atoms. The van der Waals surface area contributed by atoms with Crippen molar-refractivity contribution in [1.82, 2.24) is 4.57 Å². The van der Waals surface area contributed by atoms with E-state index in [1.54, 1.807) is 12.1 Å². The first kappa shape index (κ1) is 29.2. The number of rotatable bonds is 4. The molecule has 1 unspecified atom stereocenters. The first-order chi connectivity index (χ1) is 20.6. The second kappa shape index (κ2) is 11.1. The average molecular weight is 705 g/mol. The summed E-state index contributed by atoms with van der Waals surface area (Å²) < 4.78 is 8.37. The van der Waals surface area contributed by atoms with Gasteiger partial charge in [0.15, 0.2) is 5.58 Å². The van der Waals surface area contributed by atoms with E-state index in [-0.39, 0.29) is 0 Å². The highest BCUT2D eigenvalue weighted by Crippen LogP contribution is 2.49. The third-order valence-electron chi connectivity index (χ3n) is 7.62. The van der Waals surface area contributed by atoms with Gasteiger partial charge in [0.2, 0.25) is 0 Å². The first-order valence-corrected chi connectivity index (χ1v) is 15.8. The lowest BCUT2D eigenvalue weighted by Gasteiger charge is -2.25. The molecule has 1 atom stereocenters. The number of nitrogens with zero attached hydrogens (tertiary/aromatic N) is 1. The summed E-state index contributed by atoms with van der Waals surface area (Å²) >= 11 is 48.0. The van der Waals surface area contributed by atoms with Crippen molar-refractivity contribution < 1.29 is 4.42 Å². The van der Waals surface area contributed by atoms with E-state index >= 15 is 0 Å². The number of benzene rings is 5. The van der Waals surface area contributed by atoms with Crippen molar-refractivity contribution in [2.45, 2.75) is 12.8 Å². The Morgan fingerprint density at radius 2 is 1.14 bits per heavy atom. The van der Waals surface area contributed by atoms with Gasteiger partial charge >= 0.3 is 0 Å². The van der Waals surface area contributed by atoms with Crippen molar-refractivity contribution in [3.8, 4) is 5.69 Å². The van der Waals surface area contributed by atoms with Crippen LogP contribution in [0.5, 0.6) is 0 Å². The largest absolute Gasteiger partial charge is 0.454 e. The Labute approximate surface area is 282 Å². The van der Waals surface area contributed by atoms with E-state index in [9.17, 15) is 0 Å². The van der Waals surface area contributed by atoms with E-state index in [0.29, 0.717) is 57.5 Å². The summed E-state index contributed by atoms with van der Waals surface area (Å²) in [6.07, 6.45) is 0. The predicted octanol–water partition coefficient (Wildman–Crippen LogP) is 13.6. The van der Waals surface area contributed by atoms with Gasteiger partial charge in [-0.3, -0.25) is 0 Å². The minimum atomic E-state index is -0.613. The highest BCUT2D eigenvalue weighted by atomic mass is 35.5. The van der Waals surface area contributed by atoms with Gasteiger partial charge in [0.25, 0.3) is 0 Å². The maximum absolute atomic E-state index is 7.18. The molecule has 0 bridgehead atoms. The molecule has 0 aliphatic heterocycles. The number of para-hydroxylation sites is 2. The quantitative estimate of drug-likeness (QED) is 0.167. The van der Waals surface area contributed by atoms with Gasteiger partial charge in [-0.2, -0.15) is 0 Å². The van der Waals surface area contributed by atoms with Crippen LogP contribution in [0, 0.1) is 6.92 Å². The summed E-state index contributed by atoms with van der Waals surface area (Å²) in [5.41, 5.74) is 6.72. The van der Waals surface area contributed by atoms with Crippen LogP contribution in [-0.2, 0) is 0 Å². The molecule has 0 aliphatic carbocycles. The van der Waals surface area contributed by atoms with Crippen molar-refractivity contribution >= 4 is 114 Å². The van der Waals surface area contributed by atoms with Crippen molar-refractivity contribution in [3.05, 3.63) is 142 Å². The molecule has 0 saturated carbocycles. The van der Waals surface area contributed by atoms with Gasteiger partial charge in [0.05, 0.1) is 21.2 Å². The van der Waals surface area contributed by atoms with Gasteiger partial charge in [-0.1, -0.05) is 105 Å². The molecule has 2 aromatic heterocycles. The minimum Gasteiger partial charge on any atom is -0.454 e. The third-order valence-corrected chi connectivity index (χ3v) is 9.67. The Morgan fingerprint density at radius 1 is 0.605 bits per heavy atom. The fourth-order valence-corrected chi connectivity index (χ4v) is 8.43. The highest BCUT2D eigenvalue weighted by Gasteiger charge is 2.30. The number of halogens is 7. The van der Waals surface area contributed by atoms with E-state index in [0.717, 1.165) is 38.5 Å². The molecule has 0 amide bonds. The third kappa shape index (κ3) is 4.80. The lowest BCUT2D eigenvalue weighted by atomic mass is 9.84. The Hall–Kier alpha value is -2.53. The molecule has 9 heteroatoms. The second-order valence-electron chi connectivity index (χ2n) is 10.3. The average Bonchev–Trinajstić information content (AvgIpc) is 3.46.